The third-order valence-electron chi connectivity index (χ3n) is 2.75. The van der Waals surface area contributed by atoms with E-state index in [2.05, 4.69) is 25.4 Å². The van der Waals surface area contributed by atoms with E-state index in [9.17, 15) is 0 Å². The normalized spacial score (nSPS) is 10.6. The number of aromatic nitrogens is 5. The number of nitrogens with zero attached hydrogens (tertiary/aromatic N) is 5. The second-order valence-corrected chi connectivity index (χ2v) is 4.87. The molecule has 0 fully saturated rings. The van der Waals surface area contributed by atoms with Crippen LogP contribution in [0.4, 0.5) is 5.95 Å². The lowest BCUT2D eigenvalue weighted by Gasteiger charge is -2.08. The van der Waals surface area contributed by atoms with Gasteiger partial charge in [-0.15, -0.1) is 0 Å². The largest absolute Gasteiger partial charge is 0.357 e. The molecule has 0 spiro atoms. The molecule has 106 valence electrons. The Bertz CT molecular complexity index is 772. The van der Waals surface area contributed by atoms with E-state index >= 15 is 0 Å². The number of halogens is 2. The molecule has 0 unspecified atom stereocenters. The summed E-state index contributed by atoms with van der Waals surface area (Å²) in [6.07, 6.45) is 3.40. The molecule has 3 rings (SSSR count). The lowest BCUT2D eigenvalue weighted by Crippen LogP contribution is -2.08. The van der Waals surface area contributed by atoms with Gasteiger partial charge in [-0.3, -0.25) is 0 Å². The summed E-state index contributed by atoms with van der Waals surface area (Å²) in [6.45, 7) is 0. The van der Waals surface area contributed by atoms with Crippen molar-refractivity contribution in [3.8, 4) is 17.3 Å². The maximum Gasteiger partial charge on any atom is 0.255 e. The summed E-state index contributed by atoms with van der Waals surface area (Å²) in [5.41, 5.74) is 0.636. The third-order valence-corrected chi connectivity index (χ3v) is 3.57. The van der Waals surface area contributed by atoms with Gasteiger partial charge in [0.05, 0.1) is 10.0 Å². The summed E-state index contributed by atoms with van der Waals surface area (Å²) in [6, 6.07) is 7.09. The van der Waals surface area contributed by atoms with E-state index in [4.69, 9.17) is 23.2 Å². The van der Waals surface area contributed by atoms with Gasteiger partial charge in [-0.1, -0.05) is 29.3 Å². The van der Waals surface area contributed by atoms with Crippen LogP contribution in [-0.4, -0.2) is 31.8 Å². The van der Waals surface area contributed by atoms with Crippen molar-refractivity contribution in [2.75, 3.05) is 12.4 Å². The highest BCUT2D eigenvalue weighted by atomic mass is 35.5. The van der Waals surface area contributed by atoms with Gasteiger partial charge in [0.15, 0.2) is 5.82 Å². The van der Waals surface area contributed by atoms with Gasteiger partial charge in [0.1, 0.15) is 0 Å². The van der Waals surface area contributed by atoms with Gasteiger partial charge in [-0.05, 0) is 18.2 Å². The number of anilines is 1. The molecule has 1 aromatic carbocycles. The van der Waals surface area contributed by atoms with Crippen LogP contribution in [0.5, 0.6) is 0 Å². The van der Waals surface area contributed by atoms with Gasteiger partial charge >= 0.3 is 0 Å². The second-order valence-electron chi connectivity index (χ2n) is 4.08. The first-order valence-corrected chi connectivity index (χ1v) is 6.83. The Hall–Kier alpha value is -2.18. The average Bonchev–Trinajstić information content (AvgIpc) is 3.04. The fourth-order valence-corrected chi connectivity index (χ4v) is 2.15. The molecule has 21 heavy (non-hydrogen) atoms. The SMILES string of the molecule is CNc1nc(-c2cccc(Cl)c2Cl)nc(-n2cccn2)n1. The molecule has 0 saturated carbocycles. The molecule has 0 aliphatic heterocycles. The summed E-state index contributed by atoms with van der Waals surface area (Å²) >= 11 is 12.3. The summed E-state index contributed by atoms with van der Waals surface area (Å²) in [7, 11) is 1.73. The van der Waals surface area contributed by atoms with Crippen LogP contribution in [0.15, 0.2) is 36.7 Å². The zero-order chi connectivity index (χ0) is 14.8. The molecule has 3 aromatic rings. The van der Waals surface area contributed by atoms with Crippen LogP contribution in [0.2, 0.25) is 10.0 Å². The molecule has 0 aliphatic rings. The van der Waals surface area contributed by atoms with E-state index in [0.717, 1.165) is 0 Å². The van der Waals surface area contributed by atoms with Crippen LogP contribution in [-0.2, 0) is 0 Å². The fourth-order valence-electron chi connectivity index (χ4n) is 1.76. The lowest BCUT2D eigenvalue weighted by atomic mass is 10.2. The topological polar surface area (TPSA) is 68.5 Å². The molecule has 2 aromatic heterocycles. The predicted molar refractivity (Wildman–Crippen MR) is 82.0 cm³/mol. The number of hydrogen-bond acceptors (Lipinski definition) is 5. The van der Waals surface area contributed by atoms with Gasteiger partial charge in [0.25, 0.3) is 5.95 Å². The Labute approximate surface area is 130 Å². The van der Waals surface area contributed by atoms with Crippen molar-refractivity contribution in [3.63, 3.8) is 0 Å². The third kappa shape index (κ3) is 2.68. The minimum absolute atomic E-state index is 0.394. The van der Waals surface area contributed by atoms with Gasteiger partial charge in [-0.25, -0.2) is 4.68 Å². The van der Waals surface area contributed by atoms with Crippen LogP contribution >= 0.6 is 23.2 Å². The van der Waals surface area contributed by atoms with Crippen molar-refractivity contribution in [1.29, 1.82) is 0 Å². The highest BCUT2D eigenvalue weighted by molar-refractivity contribution is 6.43. The molecule has 6 nitrogen and oxygen atoms in total. The maximum absolute atomic E-state index is 6.23. The Balaban J connectivity index is 2.18. The molecule has 0 saturated heterocycles. The molecule has 8 heteroatoms. The average molecular weight is 321 g/mol. The summed E-state index contributed by atoms with van der Waals surface area (Å²) in [4.78, 5) is 13.0. The van der Waals surface area contributed by atoms with E-state index in [1.165, 1.54) is 0 Å². The number of hydrogen-bond donors (Lipinski definition) is 1. The van der Waals surface area contributed by atoms with Crippen molar-refractivity contribution < 1.29 is 0 Å². The minimum Gasteiger partial charge on any atom is -0.357 e. The molecule has 1 N–H and O–H groups in total. The first-order valence-electron chi connectivity index (χ1n) is 6.07. The predicted octanol–water partition coefficient (Wildman–Crippen LogP) is 3.07. The number of nitrogens with one attached hydrogen (secondary N) is 1. The molecule has 0 bridgehead atoms. The monoisotopic (exact) mass is 320 g/mol. The molecule has 0 amide bonds. The molecular weight excluding hydrogens is 311 g/mol. The molecule has 0 atom stereocenters. The fraction of sp³-hybridized carbons (Fsp3) is 0.0769. The zero-order valence-corrected chi connectivity index (χ0v) is 12.5. The molecule has 0 aliphatic carbocycles. The molecular formula is C13H10Cl2N6. The van der Waals surface area contributed by atoms with Gasteiger partial charge in [0.2, 0.25) is 5.95 Å². The van der Waals surface area contributed by atoms with Gasteiger partial charge in [-0.2, -0.15) is 20.1 Å². The number of rotatable bonds is 3. The van der Waals surface area contributed by atoms with Crippen LogP contribution in [0, 0.1) is 0 Å². The Morgan fingerprint density at radius 2 is 1.95 bits per heavy atom. The highest BCUT2D eigenvalue weighted by Crippen LogP contribution is 2.32. The zero-order valence-electron chi connectivity index (χ0n) is 11.0. The van der Waals surface area contributed by atoms with Gasteiger partial charge < -0.3 is 5.32 Å². The quantitative estimate of drug-likeness (QED) is 0.803. The number of benzene rings is 1. The summed E-state index contributed by atoms with van der Waals surface area (Å²) in [5.74, 6) is 1.24. The highest BCUT2D eigenvalue weighted by Gasteiger charge is 2.13. The van der Waals surface area contributed by atoms with E-state index in [-0.39, 0.29) is 0 Å². The van der Waals surface area contributed by atoms with Crippen LogP contribution < -0.4 is 5.32 Å². The van der Waals surface area contributed by atoms with Gasteiger partial charge in [0, 0.05) is 25.0 Å². The maximum atomic E-state index is 6.23. The van der Waals surface area contributed by atoms with Crippen molar-refractivity contribution in [2.24, 2.45) is 0 Å². The molecule has 0 radical (unpaired) electrons. The van der Waals surface area contributed by atoms with Crippen molar-refractivity contribution in [1.82, 2.24) is 24.7 Å². The van der Waals surface area contributed by atoms with E-state index in [1.54, 1.807) is 48.4 Å². The first-order chi connectivity index (χ1) is 10.2. The van der Waals surface area contributed by atoms with Crippen molar-refractivity contribution in [3.05, 3.63) is 46.7 Å². The Morgan fingerprint density at radius 1 is 1.10 bits per heavy atom. The van der Waals surface area contributed by atoms with E-state index < -0.39 is 0 Å². The smallest absolute Gasteiger partial charge is 0.255 e. The Kier molecular flexibility index (Phi) is 3.72. The first kappa shape index (κ1) is 13.8. The lowest BCUT2D eigenvalue weighted by molar-refractivity contribution is 0.800. The van der Waals surface area contributed by atoms with Crippen molar-refractivity contribution in [2.45, 2.75) is 0 Å². The van der Waals surface area contributed by atoms with E-state index in [0.29, 0.717) is 33.3 Å². The van der Waals surface area contributed by atoms with E-state index in [1.807, 2.05) is 0 Å². The molecule has 2 heterocycles. The summed E-state index contributed by atoms with van der Waals surface area (Å²) in [5, 5.41) is 7.86. The van der Waals surface area contributed by atoms with Crippen LogP contribution in [0.1, 0.15) is 0 Å². The second kappa shape index (κ2) is 5.67. The standard InChI is InChI=1S/C13H10Cl2N6/c1-16-12-18-11(8-4-2-5-9(14)10(8)15)19-13(20-12)21-7-3-6-17-21/h2-7H,1H3,(H,16,18,19,20). The van der Waals surface area contributed by atoms with Crippen LogP contribution in [0.25, 0.3) is 17.3 Å². The van der Waals surface area contributed by atoms with Crippen molar-refractivity contribution >= 4 is 29.2 Å². The Morgan fingerprint density at radius 3 is 2.67 bits per heavy atom. The van der Waals surface area contributed by atoms with Crippen LogP contribution in [0.3, 0.4) is 0 Å². The minimum atomic E-state index is 0.394. The summed E-state index contributed by atoms with van der Waals surface area (Å²) < 4.78 is 1.55.